The van der Waals surface area contributed by atoms with Crippen LogP contribution < -0.4 is 0 Å². The van der Waals surface area contributed by atoms with E-state index in [-0.39, 0.29) is 29.7 Å². The van der Waals surface area contributed by atoms with Crippen molar-refractivity contribution in [3.8, 4) is 0 Å². The van der Waals surface area contributed by atoms with Crippen molar-refractivity contribution in [2.45, 2.75) is 71.9 Å². The Morgan fingerprint density at radius 1 is 1.07 bits per heavy atom. The van der Waals surface area contributed by atoms with E-state index in [0.29, 0.717) is 18.6 Å². The van der Waals surface area contributed by atoms with Crippen LogP contribution in [0, 0.1) is 11.8 Å². The minimum Gasteiger partial charge on any atom is -0.453 e. The predicted octanol–water partition coefficient (Wildman–Crippen LogP) is 4.40. The second-order valence-corrected chi connectivity index (χ2v) is 7.44. The monoisotopic (exact) mass is 376 g/mol. The topological polar surface area (TPSA) is 61.8 Å². The average molecular weight is 376 g/mol. The highest BCUT2D eigenvalue weighted by molar-refractivity contribution is 5.89. The van der Waals surface area contributed by atoms with Crippen molar-refractivity contribution in [3.63, 3.8) is 0 Å². The zero-order chi connectivity index (χ0) is 19.8. The van der Waals surface area contributed by atoms with Crippen LogP contribution in [0.5, 0.6) is 0 Å². The van der Waals surface area contributed by atoms with Crippen molar-refractivity contribution in [3.05, 3.63) is 35.9 Å². The molecule has 1 aromatic carbocycles. The summed E-state index contributed by atoms with van der Waals surface area (Å²) in [5.74, 6) is 0.218. The van der Waals surface area contributed by atoms with Gasteiger partial charge in [0.05, 0.1) is 11.7 Å². The molecule has 150 valence electrons. The number of benzene rings is 1. The van der Waals surface area contributed by atoms with Gasteiger partial charge in [-0.05, 0) is 44.2 Å². The maximum Gasteiger partial charge on any atom is 0.338 e. The van der Waals surface area contributed by atoms with Crippen molar-refractivity contribution in [2.24, 2.45) is 11.8 Å². The van der Waals surface area contributed by atoms with E-state index in [2.05, 4.69) is 20.8 Å². The van der Waals surface area contributed by atoms with Crippen molar-refractivity contribution in [2.75, 3.05) is 6.61 Å². The van der Waals surface area contributed by atoms with Crippen molar-refractivity contribution >= 4 is 11.8 Å². The lowest BCUT2D eigenvalue weighted by Crippen LogP contribution is -2.52. The van der Waals surface area contributed by atoms with Crippen LogP contribution >= 0.6 is 0 Å². The molecule has 5 heteroatoms. The van der Waals surface area contributed by atoms with E-state index >= 15 is 0 Å². The fourth-order valence-electron chi connectivity index (χ4n) is 3.47. The first-order valence-electron chi connectivity index (χ1n) is 9.96. The van der Waals surface area contributed by atoms with Gasteiger partial charge in [0.25, 0.3) is 0 Å². The first-order valence-corrected chi connectivity index (χ1v) is 9.96. The summed E-state index contributed by atoms with van der Waals surface area (Å²) < 4.78 is 17.9. The average Bonchev–Trinajstić information content (AvgIpc) is 2.67. The number of ketones is 1. The third kappa shape index (κ3) is 6.15. The van der Waals surface area contributed by atoms with Crippen LogP contribution in [0.2, 0.25) is 0 Å². The summed E-state index contributed by atoms with van der Waals surface area (Å²) in [6, 6.07) is 8.98. The summed E-state index contributed by atoms with van der Waals surface area (Å²) in [5.41, 5.74) is 0.523. The maximum atomic E-state index is 12.5. The molecule has 1 heterocycles. The lowest BCUT2D eigenvalue weighted by Gasteiger charge is -2.43. The second-order valence-electron chi connectivity index (χ2n) is 7.44. The van der Waals surface area contributed by atoms with E-state index < -0.39 is 12.4 Å². The van der Waals surface area contributed by atoms with E-state index in [9.17, 15) is 9.59 Å². The maximum absolute atomic E-state index is 12.5. The standard InChI is InChI=1S/C22H32O5/c1-5-19-16(3)17(4)20(27-21(24)18-12-7-6-8-13-18)22(26-19)25-14-10-9-11-15(2)23/h6-8,12-13,16-17,19-20,22H,5,9-11,14H2,1-4H3/t16-,17-,19?,20?,22-/m0/s1. The molecule has 27 heavy (non-hydrogen) atoms. The Kier molecular flexibility index (Phi) is 8.45. The number of carbonyl (C=O) groups is 2. The molecular weight excluding hydrogens is 344 g/mol. The summed E-state index contributed by atoms with van der Waals surface area (Å²) in [6.07, 6.45) is 2.06. The largest absolute Gasteiger partial charge is 0.453 e. The zero-order valence-electron chi connectivity index (χ0n) is 16.9. The number of hydrogen-bond donors (Lipinski definition) is 0. The van der Waals surface area contributed by atoms with Crippen LogP contribution in [0.1, 0.15) is 63.7 Å². The Morgan fingerprint density at radius 3 is 2.41 bits per heavy atom. The minimum absolute atomic E-state index is 0.0777. The van der Waals surface area contributed by atoms with Gasteiger partial charge < -0.3 is 19.0 Å². The van der Waals surface area contributed by atoms with Crippen molar-refractivity contribution in [1.29, 1.82) is 0 Å². The molecule has 0 radical (unpaired) electrons. The van der Waals surface area contributed by atoms with E-state index in [4.69, 9.17) is 14.2 Å². The molecule has 1 fully saturated rings. The van der Waals surface area contributed by atoms with E-state index in [1.807, 2.05) is 18.2 Å². The third-order valence-electron chi connectivity index (χ3n) is 5.37. The molecular formula is C22H32O5. The quantitative estimate of drug-likeness (QED) is 0.472. The third-order valence-corrected chi connectivity index (χ3v) is 5.37. The van der Waals surface area contributed by atoms with Gasteiger partial charge >= 0.3 is 5.97 Å². The minimum atomic E-state index is -0.578. The van der Waals surface area contributed by atoms with Gasteiger partial charge in [0.2, 0.25) is 0 Å². The van der Waals surface area contributed by atoms with Gasteiger partial charge in [-0.1, -0.05) is 39.0 Å². The summed E-state index contributed by atoms with van der Waals surface area (Å²) in [5, 5.41) is 0. The molecule has 0 aromatic heterocycles. The number of carbonyl (C=O) groups excluding carboxylic acids is 2. The van der Waals surface area contributed by atoms with E-state index in [1.165, 1.54) is 0 Å². The fraction of sp³-hybridized carbons (Fsp3) is 0.636. The molecule has 0 spiro atoms. The smallest absolute Gasteiger partial charge is 0.338 e. The van der Waals surface area contributed by atoms with Crippen molar-refractivity contribution in [1.82, 2.24) is 0 Å². The molecule has 1 aliphatic rings. The summed E-state index contributed by atoms with van der Waals surface area (Å²) >= 11 is 0. The van der Waals surface area contributed by atoms with Gasteiger partial charge in [-0.25, -0.2) is 4.79 Å². The van der Waals surface area contributed by atoms with Crippen LogP contribution in [0.4, 0.5) is 0 Å². The Hall–Kier alpha value is -1.72. The number of unbranched alkanes of at least 4 members (excludes halogenated alkanes) is 1. The highest BCUT2D eigenvalue weighted by Gasteiger charge is 2.43. The normalized spacial score (nSPS) is 27.9. The summed E-state index contributed by atoms with van der Waals surface area (Å²) in [7, 11) is 0. The van der Waals surface area contributed by atoms with Gasteiger partial charge in [-0.15, -0.1) is 0 Å². The first kappa shape index (κ1) is 21.6. The van der Waals surface area contributed by atoms with Gasteiger partial charge in [-0.3, -0.25) is 0 Å². The molecule has 0 amide bonds. The van der Waals surface area contributed by atoms with E-state index in [0.717, 1.165) is 19.3 Å². The molecule has 0 N–H and O–H groups in total. The molecule has 1 aliphatic heterocycles. The SMILES string of the molecule is CCC1O[C@H](OCCCCC(C)=O)C(OC(=O)c2ccccc2)[C@@H](C)[C@@H]1C. The van der Waals surface area contributed by atoms with Gasteiger partial charge in [0.1, 0.15) is 5.78 Å². The summed E-state index contributed by atoms with van der Waals surface area (Å²) in [6.45, 7) is 8.39. The van der Waals surface area contributed by atoms with Gasteiger partial charge in [-0.2, -0.15) is 0 Å². The van der Waals surface area contributed by atoms with Crippen LogP contribution in [0.3, 0.4) is 0 Å². The lowest BCUT2D eigenvalue weighted by molar-refractivity contribution is -0.269. The number of Topliss-reactive ketones (excluding diaryl/α,β-unsaturated/α-hetero) is 1. The van der Waals surface area contributed by atoms with Crippen LogP contribution in [-0.4, -0.2) is 36.9 Å². The molecule has 0 aliphatic carbocycles. The highest BCUT2D eigenvalue weighted by Crippen LogP contribution is 2.35. The zero-order valence-corrected chi connectivity index (χ0v) is 16.9. The predicted molar refractivity (Wildman–Crippen MR) is 103 cm³/mol. The number of hydrogen-bond acceptors (Lipinski definition) is 5. The molecule has 1 aromatic rings. The van der Waals surface area contributed by atoms with E-state index in [1.54, 1.807) is 19.1 Å². The molecule has 2 rings (SSSR count). The van der Waals surface area contributed by atoms with Crippen LogP contribution in [0.25, 0.3) is 0 Å². The molecule has 5 atom stereocenters. The number of esters is 1. The van der Waals surface area contributed by atoms with Crippen LogP contribution in [-0.2, 0) is 19.0 Å². The fourth-order valence-corrected chi connectivity index (χ4v) is 3.47. The van der Waals surface area contributed by atoms with Crippen molar-refractivity contribution < 1.29 is 23.8 Å². The summed E-state index contributed by atoms with van der Waals surface area (Å²) in [4.78, 5) is 23.6. The van der Waals surface area contributed by atoms with Crippen LogP contribution in [0.15, 0.2) is 30.3 Å². The number of ether oxygens (including phenoxy) is 3. The lowest BCUT2D eigenvalue weighted by atomic mass is 9.82. The molecule has 0 saturated carbocycles. The molecule has 5 nitrogen and oxygen atoms in total. The Labute approximate surface area is 162 Å². The molecule has 2 unspecified atom stereocenters. The Balaban J connectivity index is 2.01. The first-order chi connectivity index (χ1) is 12.9. The van der Waals surface area contributed by atoms with Gasteiger partial charge in [0, 0.05) is 18.9 Å². The Morgan fingerprint density at radius 2 is 1.78 bits per heavy atom. The highest BCUT2D eigenvalue weighted by atomic mass is 16.7. The number of rotatable bonds is 9. The molecule has 0 bridgehead atoms. The molecule has 1 saturated heterocycles. The van der Waals surface area contributed by atoms with Gasteiger partial charge in [0.15, 0.2) is 12.4 Å². The Bertz CT molecular complexity index is 600. The second kappa shape index (κ2) is 10.6.